The summed E-state index contributed by atoms with van der Waals surface area (Å²) < 4.78 is 52.0. The van der Waals surface area contributed by atoms with Gasteiger partial charge >= 0.3 is 0 Å². The summed E-state index contributed by atoms with van der Waals surface area (Å²) in [5.74, 6) is 0.273. The summed E-state index contributed by atoms with van der Waals surface area (Å²) in [4.78, 5) is 11.3. The second-order valence-corrected chi connectivity index (χ2v) is 11.1. The molecule has 0 fully saturated rings. The molecule has 200 valence electrons. The monoisotopic (exact) mass is 549 g/mol. The quantitative estimate of drug-likeness (QED) is 0.227. The lowest BCUT2D eigenvalue weighted by Crippen LogP contribution is -2.13. The van der Waals surface area contributed by atoms with Crippen LogP contribution in [0, 0.1) is 0 Å². The Morgan fingerprint density at radius 2 is 1.12 bits per heavy atom. The van der Waals surface area contributed by atoms with Gasteiger partial charge in [-0.3, -0.25) is 4.79 Å². The second kappa shape index (κ2) is 29.0. The molecular weight excluding hydrogens is 505 g/mol. The highest BCUT2D eigenvalue weighted by Gasteiger charge is 2.06. The zero-order valence-electron chi connectivity index (χ0n) is 19.6. The highest BCUT2D eigenvalue weighted by Crippen LogP contribution is 2.01. The van der Waals surface area contributed by atoms with E-state index in [1.165, 1.54) is 12.5 Å². The van der Waals surface area contributed by atoms with Crippen molar-refractivity contribution in [1.82, 2.24) is 0 Å². The van der Waals surface area contributed by atoms with Crippen LogP contribution in [0.3, 0.4) is 0 Å². The number of hydrogen-bond donors (Lipinski definition) is 3. The predicted octanol–water partition coefficient (Wildman–Crippen LogP) is 0.341. The molecule has 14 heteroatoms. The van der Waals surface area contributed by atoms with E-state index in [2.05, 4.69) is 6.92 Å². The topological polar surface area (TPSA) is 182 Å². The lowest BCUT2D eigenvalue weighted by atomic mass is 10.1. The Morgan fingerprint density at radius 1 is 0.688 bits per heavy atom. The number of ether oxygens (including phenoxy) is 2. The van der Waals surface area contributed by atoms with Crippen molar-refractivity contribution in [3.05, 3.63) is 0 Å². The van der Waals surface area contributed by atoms with Crippen LogP contribution in [-0.4, -0.2) is 92.7 Å². The molecule has 32 heavy (non-hydrogen) atoms. The van der Waals surface area contributed by atoms with Gasteiger partial charge in [0.05, 0.1) is 24.7 Å². The van der Waals surface area contributed by atoms with Gasteiger partial charge in [0, 0.05) is 58.2 Å². The average Bonchev–Trinajstić information content (AvgIpc) is 2.61. The number of carbonyl (C=O) groups excluding carboxylic acids is 1. The van der Waals surface area contributed by atoms with Gasteiger partial charge in [0.15, 0.2) is 0 Å². The summed E-state index contributed by atoms with van der Waals surface area (Å²) in [5.41, 5.74) is 15.3. The van der Waals surface area contributed by atoms with Crippen LogP contribution >= 0.6 is 24.8 Å². The van der Waals surface area contributed by atoms with E-state index in [0.717, 1.165) is 13.0 Å². The van der Waals surface area contributed by atoms with E-state index in [1.54, 1.807) is 0 Å². The number of halogens is 2. The zero-order valence-corrected chi connectivity index (χ0v) is 22.9. The van der Waals surface area contributed by atoms with Crippen LogP contribution in [0.15, 0.2) is 0 Å². The Bertz CT molecular complexity index is 589. The van der Waals surface area contributed by atoms with E-state index < -0.39 is 19.7 Å². The number of hydrogen-bond acceptors (Lipinski definition) is 10. The first-order valence-electron chi connectivity index (χ1n) is 10.1. The van der Waals surface area contributed by atoms with E-state index in [0.29, 0.717) is 58.6 Å². The van der Waals surface area contributed by atoms with Crippen molar-refractivity contribution in [3.8, 4) is 0 Å². The van der Waals surface area contributed by atoms with Crippen LogP contribution in [0.5, 0.6) is 0 Å². The number of sulfone groups is 2. The maximum atomic E-state index is 11.3. The predicted molar refractivity (Wildman–Crippen MR) is 136 cm³/mol. The molecule has 0 aromatic rings. The Kier molecular flexibility index (Phi) is 38.2. The first-order valence-corrected chi connectivity index (χ1v) is 14.2. The smallest absolute Gasteiger partial charge is 0.148 e. The van der Waals surface area contributed by atoms with Crippen LogP contribution in [0.1, 0.15) is 39.0 Å². The molecule has 0 rings (SSSR count). The van der Waals surface area contributed by atoms with Crippen molar-refractivity contribution >= 4 is 50.3 Å². The third-order valence-electron chi connectivity index (χ3n) is 3.08. The van der Waals surface area contributed by atoms with Gasteiger partial charge in [0.25, 0.3) is 0 Å². The lowest BCUT2D eigenvalue weighted by molar-refractivity contribution is -0.119. The summed E-state index contributed by atoms with van der Waals surface area (Å²) in [6.07, 6.45) is 5.31. The van der Waals surface area contributed by atoms with Gasteiger partial charge in [-0.2, -0.15) is 0 Å². The highest BCUT2D eigenvalue weighted by atomic mass is 35.5. The maximum absolute atomic E-state index is 11.3. The van der Waals surface area contributed by atoms with Crippen molar-refractivity contribution in [2.24, 2.45) is 17.2 Å². The summed E-state index contributed by atoms with van der Waals surface area (Å²) in [6.45, 7) is 6.03. The molecule has 0 atom stereocenters. The Labute approximate surface area is 207 Å². The van der Waals surface area contributed by atoms with Crippen molar-refractivity contribution in [2.45, 2.75) is 39.0 Å². The molecule has 0 saturated carbocycles. The second-order valence-electron chi connectivity index (χ2n) is 6.60. The molecule has 0 unspecified atom stereocenters. The van der Waals surface area contributed by atoms with Crippen LogP contribution in [0.25, 0.3) is 0 Å². The fraction of sp³-hybridized carbons (Fsp3) is 0.944. The maximum Gasteiger partial charge on any atom is 0.148 e. The molecule has 0 aliphatic rings. The van der Waals surface area contributed by atoms with E-state index in [9.17, 15) is 21.6 Å². The number of carbonyl (C=O) groups is 1. The number of Topliss-reactive ketones (excluding diaryl/α,β-unsaturated/α-hetero) is 1. The minimum atomic E-state index is -2.94. The molecule has 0 spiro atoms. The van der Waals surface area contributed by atoms with E-state index >= 15 is 0 Å². The van der Waals surface area contributed by atoms with Gasteiger partial charge in [0.2, 0.25) is 0 Å². The van der Waals surface area contributed by atoms with E-state index in [4.69, 9.17) is 26.7 Å². The molecule has 0 aromatic carbocycles. The fourth-order valence-corrected chi connectivity index (χ4v) is 2.85. The molecule has 0 saturated heterocycles. The van der Waals surface area contributed by atoms with Gasteiger partial charge in [-0.25, -0.2) is 16.8 Å². The van der Waals surface area contributed by atoms with Crippen molar-refractivity contribution in [1.29, 1.82) is 0 Å². The van der Waals surface area contributed by atoms with Crippen molar-refractivity contribution in [3.63, 3.8) is 0 Å². The molecule has 0 radical (unpaired) electrons. The van der Waals surface area contributed by atoms with E-state index in [1.807, 2.05) is 0 Å². The SMILES string of the molecule is CCCOCCN.CS(=O)(=O)CCCC(=O)CCCOCCN.CS(=O)(=O)CCN.Cl.Cl. The third-order valence-corrected chi connectivity index (χ3v) is 5.08. The fourth-order valence-electron chi connectivity index (χ4n) is 1.76. The average molecular weight is 551 g/mol. The van der Waals surface area contributed by atoms with Crippen LogP contribution < -0.4 is 17.2 Å². The Morgan fingerprint density at radius 3 is 1.47 bits per heavy atom. The van der Waals surface area contributed by atoms with Crippen molar-refractivity contribution < 1.29 is 31.1 Å². The molecule has 0 aromatic heterocycles. The van der Waals surface area contributed by atoms with Gasteiger partial charge in [0.1, 0.15) is 25.5 Å². The number of nitrogens with two attached hydrogens (primary N) is 3. The molecule has 0 heterocycles. The van der Waals surface area contributed by atoms with Gasteiger partial charge < -0.3 is 26.7 Å². The van der Waals surface area contributed by atoms with Gasteiger partial charge in [-0.05, 0) is 19.3 Å². The third kappa shape index (κ3) is 52.1. The first-order chi connectivity index (χ1) is 13.9. The molecule has 0 amide bonds. The minimum Gasteiger partial charge on any atom is -0.380 e. The molecule has 0 aliphatic carbocycles. The standard InChI is InChI=1S/C10H21NO4S.C5H13NO.C3H9NO2S.2ClH/c1-16(13,14)9-3-5-10(12)4-2-7-15-8-6-11;1-2-4-7-5-3-6;1-7(5,6)3-2-4;;/h2-9,11H2,1H3;2-6H2,1H3;2-4H2,1H3;2*1H. The normalized spacial score (nSPS) is 10.4. The van der Waals surface area contributed by atoms with Gasteiger partial charge in [-0.15, -0.1) is 24.8 Å². The minimum absolute atomic E-state index is 0. The van der Waals surface area contributed by atoms with Crippen LogP contribution in [0.4, 0.5) is 0 Å². The largest absolute Gasteiger partial charge is 0.380 e. The Hall–Kier alpha value is -0.0500. The first kappa shape index (κ1) is 42.1. The molecule has 6 N–H and O–H groups in total. The number of ketones is 1. The molecule has 0 aliphatic heterocycles. The van der Waals surface area contributed by atoms with Crippen molar-refractivity contribution in [2.75, 3.05) is 70.1 Å². The highest BCUT2D eigenvalue weighted by molar-refractivity contribution is 7.90. The summed E-state index contributed by atoms with van der Waals surface area (Å²) in [5, 5.41) is 0. The number of rotatable bonds is 16. The van der Waals surface area contributed by atoms with Crippen LogP contribution in [-0.2, 0) is 33.9 Å². The van der Waals surface area contributed by atoms with E-state index in [-0.39, 0.29) is 48.6 Å². The molecule has 10 nitrogen and oxygen atoms in total. The molecular formula is C18H45Cl2N3O7S2. The van der Waals surface area contributed by atoms with Crippen LogP contribution in [0.2, 0.25) is 0 Å². The summed E-state index contributed by atoms with van der Waals surface area (Å²) in [7, 11) is -5.74. The Balaban J connectivity index is -0.000000128. The summed E-state index contributed by atoms with van der Waals surface area (Å²) >= 11 is 0. The molecule has 0 bridgehead atoms. The summed E-state index contributed by atoms with van der Waals surface area (Å²) in [6, 6.07) is 0. The lowest BCUT2D eigenvalue weighted by Gasteiger charge is -2.02. The zero-order chi connectivity index (χ0) is 23.9. The van der Waals surface area contributed by atoms with Gasteiger partial charge in [-0.1, -0.05) is 6.92 Å².